The highest BCUT2D eigenvalue weighted by Gasteiger charge is 2.11. The van der Waals surface area contributed by atoms with Gasteiger partial charge in [0.25, 0.3) is 0 Å². The van der Waals surface area contributed by atoms with Gasteiger partial charge in [0, 0.05) is 58.4 Å². The van der Waals surface area contributed by atoms with Crippen molar-refractivity contribution in [1.29, 1.82) is 0 Å². The van der Waals surface area contributed by atoms with Gasteiger partial charge < -0.3 is 16.0 Å². The van der Waals surface area contributed by atoms with Crippen LogP contribution in [0.5, 0.6) is 0 Å². The van der Waals surface area contributed by atoms with Crippen LogP contribution in [0.25, 0.3) is 0 Å². The quantitative estimate of drug-likeness (QED) is 0.786. The van der Waals surface area contributed by atoms with Crippen molar-refractivity contribution in [2.24, 2.45) is 0 Å². The highest BCUT2D eigenvalue weighted by molar-refractivity contribution is 5.16. The van der Waals surface area contributed by atoms with Crippen LogP contribution in [0.4, 0.5) is 0 Å². The molecular weight excluding hydrogens is 320 g/mol. The standard InChI is InChI=1S/2C11H16N2/c1-2-4-11(5-3-1)10-13-8-6-12-7-9-13;1-2-4-10(5-3-1)8-11-9-12-6-7-13-11/h1-5,12H,6-10H2;1-5,11-13H,6-9H2. The van der Waals surface area contributed by atoms with Gasteiger partial charge in [-0.1, -0.05) is 60.7 Å². The Labute approximate surface area is 158 Å². The van der Waals surface area contributed by atoms with Crippen LogP contribution < -0.4 is 16.0 Å². The molecule has 2 fully saturated rings. The Morgan fingerprint density at radius 3 is 2.00 bits per heavy atom. The van der Waals surface area contributed by atoms with Crippen LogP contribution in [0.3, 0.4) is 0 Å². The summed E-state index contributed by atoms with van der Waals surface area (Å²) in [6.45, 7) is 9.00. The third kappa shape index (κ3) is 6.89. The van der Waals surface area contributed by atoms with Crippen LogP contribution in [0.1, 0.15) is 11.1 Å². The monoisotopic (exact) mass is 352 g/mol. The van der Waals surface area contributed by atoms with Gasteiger partial charge in [-0.2, -0.15) is 0 Å². The molecule has 4 nitrogen and oxygen atoms in total. The van der Waals surface area contributed by atoms with E-state index in [1.165, 1.54) is 24.2 Å². The Bertz CT molecular complexity index is 535. The van der Waals surface area contributed by atoms with Crippen LogP contribution in [-0.4, -0.2) is 56.8 Å². The number of hydrogen-bond donors (Lipinski definition) is 3. The first-order valence-corrected chi connectivity index (χ1v) is 9.85. The molecule has 0 bridgehead atoms. The maximum absolute atomic E-state index is 3.51. The zero-order valence-electron chi connectivity index (χ0n) is 15.7. The van der Waals surface area contributed by atoms with E-state index in [0.29, 0.717) is 6.04 Å². The lowest BCUT2D eigenvalue weighted by Gasteiger charge is -2.27. The first-order valence-electron chi connectivity index (χ1n) is 9.85. The molecule has 2 heterocycles. The van der Waals surface area contributed by atoms with Crippen molar-refractivity contribution in [1.82, 2.24) is 20.9 Å². The molecule has 0 saturated carbocycles. The maximum atomic E-state index is 3.51. The van der Waals surface area contributed by atoms with E-state index in [4.69, 9.17) is 0 Å². The second-order valence-corrected chi connectivity index (χ2v) is 7.06. The number of hydrogen-bond acceptors (Lipinski definition) is 4. The van der Waals surface area contributed by atoms with Crippen molar-refractivity contribution < 1.29 is 0 Å². The summed E-state index contributed by atoms with van der Waals surface area (Å²) >= 11 is 0. The topological polar surface area (TPSA) is 39.3 Å². The Hall–Kier alpha value is -1.72. The molecule has 0 aliphatic carbocycles. The smallest absolute Gasteiger partial charge is 0.0234 e. The highest BCUT2D eigenvalue weighted by atomic mass is 15.2. The average Bonchev–Trinajstić information content (AvgIpc) is 2.72. The van der Waals surface area contributed by atoms with Crippen LogP contribution in [0, 0.1) is 0 Å². The van der Waals surface area contributed by atoms with E-state index in [9.17, 15) is 0 Å². The fourth-order valence-electron chi connectivity index (χ4n) is 3.47. The van der Waals surface area contributed by atoms with Crippen molar-refractivity contribution in [3.05, 3.63) is 71.8 Å². The summed E-state index contributed by atoms with van der Waals surface area (Å²) in [7, 11) is 0. The van der Waals surface area contributed by atoms with E-state index in [1.54, 1.807) is 0 Å². The molecule has 1 unspecified atom stereocenters. The fraction of sp³-hybridized carbons (Fsp3) is 0.455. The average molecular weight is 353 g/mol. The van der Waals surface area contributed by atoms with Gasteiger partial charge >= 0.3 is 0 Å². The lowest BCUT2D eigenvalue weighted by atomic mass is 10.1. The number of rotatable bonds is 4. The van der Waals surface area contributed by atoms with Gasteiger partial charge in [-0.25, -0.2) is 0 Å². The molecule has 0 amide bonds. The lowest BCUT2D eigenvalue weighted by Crippen LogP contribution is -2.49. The lowest BCUT2D eigenvalue weighted by molar-refractivity contribution is 0.233. The molecule has 2 aliphatic heterocycles. The summed E-state index contributed by atoms with van der Waals surface area (Å²) < 4.78 is 0. The number of nitrogens with zero attached hydrogens (tertiary/aromatic N) is 1. The summed E-state index contributed by atoms with van der Waals surface area (Å²) in [6.07, 6.45) is 1.13. The molecule has 1 atom stereocenters. The molecule has 0 spiro atoms. The Balaban J connectivity index is 0.000000151. The van der Waals surface area contributed by atoms with E-state index in [2.05, 4.69) is 81.5 Å². The Morgan fingerprint density at radius 2 is 1.38 bits per heavy atom. The van der Waals surface area contributed by atoms with Gasteiger partial charge in [-0.05, 0) is 17.5 Å². The molecule has 2 aliphatic rings. The molecule has 2 saturated heterocycles. The second-order valence-electron chi connectivity index (χ2n) is 7.06. The molecule has 2 aromatic carbocycles. The molecule has 2 aromatic rings. The van der Waals surface area contributed by atoms with Gasteiger partial charge in [0.05, 0.1) is 0 Å². The maximum Gasteiger partial charge on any atom is 0.0234 e. The van der Waals surface area contributed by atoms with Crippen molar-refractivity contribution in [2.75, 3.05) is 45.8 Å². The SMILES string of the molecule is c1ccc(CC2CNCCN2)cc1.c1ccc(CN2CCNCC2)cc1. The van der Waals surface area contributed by atoms with Crippen molar-refractivity contribution >= 4 is 0 Å². The predicted octanol–water partition coefficient (Wildman–Crippen LogP) is 1.88. The largest absolute Gasteiger partial charge is 0.314 e. The van der Waals surface area contributed by atoms with E-state index < -0.39 is 0 Å². The van der Waals surface area contributed by atoms with Crippen molar-refractivity contribution in [3.63, 3.8) is 0 Å². The summed E-state index contributed by atoms with van der Waals surface area (Å²) in [4.78, 5) is 2.49. The van der Waals surface area contributed by atoms with Gasteiger partial charge in [0.15, 0.2) is 0 Å². The number of nitrogens with one attached hydrogen (secondary N) is 3. The number of piperazine rings is 2. The summed E-state index contributed by atoms with van der Waals surface area (Å²) in [5.41, 5.74) is 2.84. The molecule has 26 heavy (non-hydrogen) atoms. The normalized spacial score (nSPS) is 20.8. The Kier molecular flexibility index (Phi) is 8.13. The third-order valence-electron chi connectivity index (χ3n) is 4.91. The van der Waals surface area contributed by atoms with Crippen molar-refractivity contribution in [2.45, 2.75) is 19.0 Å². The first-order chi connectivity index (χ1) is 12.9. The van der Waals surface area contributed by atoms with Gasteiger partial charge in [-0.3, -0.25) is 4.90 Å². The number of benzene rings is 2. The minimum absolute atomic E-state index is 0.608. The van der Waals surface area contributed by atoms with Crippen LogP contribution >= 0.6 is 0 Å². The second kappa shape index (κ2) is 11.1. The highest BCUT2D eigenvalue weighted by Crippen LogP contribution is 2.05. The summed E-state index contributed by atoms with van der Waals surface area (Å²) in [5, 5.41) is 10.3. The molecule has 140 valence electrons. The Morgan fingerprint density at radius 1 is 0.731 bits per heavy atom. The van der Waals surface area contributed by atoms with Gasteiger partial charge in [-0.15, -0.1) is 0 Å². The van der Waals surface area contributed by atoms with Crippen LogP contribution in [-0.2, 0) is 13.0 Å². The molecule has 4 heteroatoms. The third-order valence-corrected chi connectivity index (χ3v) is 4.91. The first kappa shape index (κ1) is 19.1. The molecular formula is C22H32N4. The van der Waals surface area contributed by atoms with Crippen LogP contribution in [0.15, 0.2) is 60.7 Å². The zero-order chi connectivity index (χ0) is 17.9. The molecule has 0 radical (unpaired) electrons. The minimum atomic E-state index is 0.608. The van der Waals surface area contributed by atoms with Gasteiger partial charge in [0.1, 0.15) is 0 Å². The van der Waals surface area contributed by atoms with Crippen LogP contribution in [0.2, 0.25) is 0 Å². The molecule has 0 aromatic heterocycles. The van der Waals surface area contributed by atoms with E-state index in [1.807, 2.05) is 0 Å². The predicted molar refractivity (Wildman–Crippen MR) is 109 cm³/mol. The van der Waals surface area contributed by atoms with E-state index >= 15 is 0 Å². The van der Waals surface area contributed by atoms with Gasteiger partial charge in [0.2, 0.25) is 0 Å². The summed E-state index contributed by atoms with van der Waals surface area (Å²) in [5.74, 6) is 0. The van der Waals surface area contributed by atoms with Crippen molar-refractivity contribution in [3.8, 4) is 0 Å². The fourth-order valence-corrected chi connectivity index (χ4v) is 3.47. The molecule has 3 N–H and O–H groups in total. The minimum Gasteiger partial charge on any atom is -0.314 e. The molecule has 4 rings (SSSR count). The summed E-state index contributed by atoms with van der Waals surface area (Å²) in [6, 6.07) is 21.9. The zero-order valence-corrected chi connectivity index (χ0v) is 15.7. The van der Waals surface area contributed by atoms with E-state index in [-0.39, 0.29) is 0 Å². The van der Waals surface area contributed by atoms with E-state index in [0.717, 1.165) is 45.7 Å².